The van der Waals surface area contributed by atoms with Crippen LogP contribution in [0.4, 0.5) is 13.2 Å². The molecule has 9 heteroatoms. The van der Waals surface area contributed by atoms with Crippen LogP contribution in [-0.2, 0) is 6.18 Å². The van der Waals surface area contributed by atoms with E-state index >= 15 is 13.2 Å². The van der Waals surface area contributed by atoms with Gasteiger partial charge in [0.25, 0.3) is 0 Å². The summed E-state index contributed by atoms with van der Waals surface area (Å²) in [6, 6.07) is 45.9. The normalized spacial score (nSPS) is 12.3. The molecule has 0 unspecified atom stereocenters. The molecule has 0 amide bonds. The van der Waals surface area contributed by atoms with Gasteiger partial charge in [-0.1, -0.05) is 115 Å². The highest BCUT2D eigenvalue weighted by Gasteiger charge is 2.39. The van der Waals surface area contributed by atoms with Gasteiger partial charge < -0.3 is 13.4 Å². The van der Waals surface area contributed by atoms with Crippen LogP contribution >= 0.6 is 0 Å². The molecule has 0 aliphatic carbocycles. The number of nitrogens with zero attached hydrogens (tertiary/aromatic N) is 4. The van der Waals surface area contributed by atoms with Crippen molar-refractivity contribution < 1.29 is 22.0 Å². The largest absolute Gasteiger partial charge is 0.455 e. The number of halogens is 3. The number of hydrogen-bond acceptors (Lipinski definition) is 5. The van der Waals surface area contributed by atoms with Crippen molar-refractivity contribution in [2.24, 2.45) is 0 Å². The highest BCUT2D eigenvalue weighted by molar-refractivity contribution is 6.25. The number of fused-ring (bicyclic) bond motifs is 10. The Morgan fingerprint density at radius 2 is 1.00 bits per heavy atom. The van der Waals surface area contributed by atoms with Crippen molar-refractivity contribution in [3.63, 3.8) is 0 Å². The fraction of sp³-hybridized carbons (Fsp3) is 0.0217. The first kappa shape index (κ1) is 31.3. The summed E-state index contributed by atoms with van der Waals surface area (Å²) < 4.78 is 62.5. The van der Waals surface area contributed by atoms with Gasteiger partial charge in [-0.05, 0) is 36.4 Å². The third kappa shape index (κ3) is 4.72. The van der Waals surface area contributed by atoms with E-state index in [4.69, 9.17) is 23.8 Å². The Hall–Kier alpha value is -7.26. The Bertz CT molecular complexity index is 3250. The molecule has 11 rings (SSSR count). The molecule has 0 bridgehead atoms. The second-order valence-corrected chi connectivity index (χ2v) is 13.4. The van der Waals surface area contributed by atoms with Gasteiger partial charge >= 0.3 is 6.18 Å². The van der Waals surface area contributed by atoms with Gasteiger partial charge in [0.15, 0.2) is 17.5 Å². The summed E-state index contributed by atoms with van der Waals surface area (Å²) in [4.78, 5) is 14.4. The Kier molecular flexibility index (Phi) is 6.61. The second kappa shape index (κ2) is 11.6. The summed E-state index contributed by atoms with van der Waals surface area (Å²) in [5.74, 6) is 0.701. The molecule has 55 heavy (non-hydrogen) atoms. The number of alkyl halides is 3. The molecule has 11 aromatic rings. The van der Waals surface area contributed by atoms with Crippen molar-refractivity contribution in [3.05, 3.63) is 157 Å². The molecular weight excluding hydrogens is 698 g/mol. The fourth-order valence-corrected chi connectivity index (χ4v) is 7.90. The topological polar surface area (TPSA) is 69.9 Å². The van der Waals surface area contributed by atoms with Gasteiger partial charge in [-0.3, -0.25) is 0 Å². The zero-order valence-electron chi connectivity index (χ0n) is 28.7. The molecule has 0 aliphatic heterocycles. The van der Waals surface area contributed by atoms with Crippen LogP contribution in [0.2, 0.25) is 0 Å². The van der Waals surface area contributed by atoms with Crippen molar-refractivity contribution in [2.45, 2.75) is 6.18 Å². The Morgan fingerprint density at radius 3 is 1.67 bits per heavy atom. The van der Waals surface area contributed by atoms with Gasteiger partial charge in [-0.15, -0.1) is 0 Å². The van der Waals surface area contributed by atoms with Gasteiger partial charge in [-0.2, -0.15) is 13.2 Å². The minimum atomic E-state index is -4.81. The number of benzene rings is 7. The highest BCUT2D eigenvalue weighted by atomic mass is 19.4. The first-order valence-corrected chi connectivity index (χ1v) is 17.7. The van der Waals surface area contributed by atoms with Gasteiger partial charge in [0.2, 0.25) is 0 Å². The Labute approximate surface area is 309 Å². The second-order valence-electron chi connectivity index (χ2n) is 13.4. The van der Waals surface area contributed by atoms with E-state index in [2.05, 4.69) is 0 Å². The third-order valence-corrected chi connectivity index (χ3v) is 10.3. The molecule has 0 saturated carbocycles. The van der Waals surface area contributed by atoms with Crippen LogP contribution in [0.25, 0.3) is 106 Å². The van der Waals surface area contributed by atoms with Crippen LogP contribution in [0, 0.1) is 0 Å². The van der Waals surface area contributed by atoms with Crippen molar-refractivity contribution in [1.82, 2.24) is 19.5 Å². The molecule has 0 saturated heterocycles. The number of rotatable bonds is 4. The standard InChI is InChI=1S/C46H25F3N4O2/c47-46(48,49)33-25-32(45-51-43(26-13-3-1-4-14-26)50-44(52-45)27-15-5-2-6-16-27)42-39(31-19-9-12-22-37(31)55-42)40(33)53-34-20-10-7-18-30(34)38-35(53)24-23-29-28-17-8-11-21-36(28)54-41(29)38/h1-25H. The summed E-state index contributed by atoms with van der Waals surface area (Å²) >= 11 is 0. The summed E-state index contributed by atoms with van der Waals surface area (Å²) in [5, 5.41) is 4.11. The van der Waals surface area contributed by atoms with Crippen molar-refractivity contribution >= 4 is 65.7 Å². The van der Waals surface area contributed by atoms with E-state index in [-0.39, 0.29) is 28.0 Å². The first-order chi connectivity index (χ1) is 26.9. The minimum Gasteiger partial charge on any atom is -0.455 e. The Morgan fingerprint density at radius 1 is 0.455 bits per heavy atom. The van der Waals surface area contributed by atoms with Crippen LogP contribution < -0.4 is 0 Å². The minimum absolute atomic E-state index is 0.0556. The molecule has 4 aromatic heterocycles. The van der Waals surface area contributed by atoms with Crippen LogP contribution in [0.3, 0.4) is 0 Å². The number of para-hydroxylation sites is 3. The van der Waals surface area contributed by atoms with E-state index in [9.17, 15) is 0 Å². The van der Waals surface area contributed by atoms with Gasteiger partial charge in [0.05, 0.1) is 38.6 Å². The number of hydrogen-bond donors (Lipinski definition) is 0. The molecule has 6 nitrogen and oxygen atoms in total. The summed E-state index contributed by atoms with van der Waals surface area (Å²) in [5.41, 5.74) is 3.69. The maximum absolute atomic E-state index is 15.9. The van der Waals surface area contributed by atoms with Crippen LogP contribution in [0.15, 0.2) is 160 Å². The number of aromatic nitrogens is 4. The van der Waals surface area contributed by atoms with Crippen molar-refractivity contribution in [2.75, 3.05) is 0 Å². The van der Waals surface area contributed by atoms with Crippen LogP contribution in [0.5, 0.6) is 0 Å². The number of furan rings is 2. The zero-order chi connectivity index (χ0) is 36.8. The van der Waals surface area contributed by atoms with Crippen molar-refractivity contribution in [3.8, 4) is 39.9 Å². The SMILES string of the molecule is FC(F)(F)c1cc(-c2nc(-c3ccccc3)nc(-c3ccccc3)n2)c2oc3ccccc3c2c1-n1c2ccccc2c2c3oc4ccccc4c3ccc21. The lowest BCUT2D eigenvalue weighted by Gasteiger charge is -2.19. The molecular formula is C46H25F3N4O2. The van der Waals surface area contributed by atoms with Gasteiger partial charge in [0, 0.05) is 32.7 Å². The first-order valence-electron chi connectivity index (χ1n) is 17.7. The lowest BCUT2D eigenvalue weighted by atomic mass is 9.99. The van der Waals surface area contributed by atoms with Crippen molar-refractivity contribution in [1.29, 1.82) is 0 Å². The van der Waals surface area contributed by atoms with E-state index in [0.29, 0.717) is 55.9 Å². The fourth-order valence-electron chi connectivity index (χ4n) is 7.90. The average Bonchev–Trinajstić information content (AvgIpc) is 3.90. The molecule has 0 atom stereocenters. The molecule has 7 aromatic carbocycles. The van der Waals surface area contributed by atoms with Crippen LogP contribution in [-0.4, -0.2) is 19.5 Å². The third-order valence-electron chi connectivity index (χ3n) is 10.3. The summed E-state index contributed by atoms with van der Waals surface area (Å²) in [7, 11) is 0. The maximum atomic E-state index is 15.9. The average molecular weight is 723 g/mol. The highest BCUT2D eigenvalue weighted by Crippen LogP contribution is 2.49. The zero-order valence-corrected chi connectivity index (χ0v) is 28.7. The van der Waals surface area contributed by atoms with E-state index in [1.165, 1.54) is 0 Å². The molecule has 0 aliphatic rings. The van der Waals surface area contributed by atoms with E-state index in [1.807, 2.05) is 121 Å². The summed E-state index contributed by atoms with van der Waals surface area (Å²) in [6.45, 7) is 0. The molecule has 0 N–H and O–H groups in total. The molecule has 0 radical (unpaired) electrons. The van der Waals surface area contributed by atoms with E-state index in [0.717, 1.165) is 27.6 Å². The lowest BCUT2D eigenvalue weighted by Crippen LogP contribution is -2.12. The monoisotopic (exact) mass is 722 g/mol. The molecule has 262 valence electrons. The van der Waals surface area contributed by atoms with Gasteiger partial charge in [-0.25, -0.2) is 15.0 Å². The molecule has 0 spiro atoms. The van der Waals surface area contributed by atoms with Crippen LogP contribution in [0.1, 0.15) is 5.56 Å². The quantitative estimate of drug-likeness (QED) is 0.181. The smallest absolute Gasteiger partial charge is 0.418 e. The predicted molar refractivity (Wildman–Crippen MR) is 210 cm³/mol. The van der Waals surface area contributed by atoms with E-state index < -0.39 is 11.7 Å². The molecule has 4 heterocycles. The molecule has 0 fully saturated rings. The Balaban J connectivity index is 1.30. The lowest BCUT2D eigenvalue weighted by molar-refractivity contribution is -0.137. The maximum Gasteiger partial charge on any atom is 0.418 e. The summed E-state index contributed by atoms with van der Waals surface area (Å²) in [6.07, 6.45) is -4.81. The van der Waals surface area contributed by atoms with E-state index in [1.54, 1.807) is 28.8 Å². The predicted octanol–water partition coefficient (Wildman–Crippen LogP) is 12.8. The van der Waals surface area contributed by atoms with Gasteiger partial charge in [0.1, 0.15) is 22.3 Å².